The first-order valence-electron chi connectivity index (χ1n) is 6.55. The van der Waals surface area contributed by atoms with E-state index in [1.807, 2.05) is 38.1 Å². The summed E-state index contributed by atoms with van der Waals surface area (Å²) in [6.45, 7) is 4.02. The van der Waals surface area contributed by atoms with Gasteiger partial charge in [0, 0.05) is 6.42 Å². The molecule has 2 aromatic heterocycles. The number of tetrazole rings is 1. The molecule has 0 atom stereocenters. The Morgan fingerprint density at radius 2 is 1.86 bits per heavy atom. The van der Waals surface area contributed by atoms with Crippen LogP contribution in [0, 0.1) is 6.92 Å². The molecule has 8 heteroatoms. The third kappa shape index (κ3) is 3.10. The fraction of sp³-hybridized carbons (Fsp3) is 0.308. The summed E-state index contributed by atoms with van der Waals surface area (Å²) in [6.07, 6.45) is 0.735. The molecule has 0 N–H and O–H groups in total. The number of benzene rings is 1. The molecule has 7 nitrogen and oxygen atoms in total. The Labute approximate surface area is 125 Å². The van der Waals surface area contributed by atoms with Crippen LogP contribution >= 0.6 is 11.8 Å². The minimum atomic E-state index is 0.541. The van der Waals surface area contributed by atoms with Gasteiger partial charge in [0.2, 0.25) is 16.9 Å². The molecule has 3 rings (SSSR count). The Hall–Kier alpha value is -2.22. The van der Waals surface area contributed by atoms with E-state index in [4.69, 9.17) is 4.42 Å². The molecule has 0 bridgehead atoms. The van der Waals surface area contributed by atoms with E-state index in [-0.39, 0.29) is 0 Å². The highest BCUT2D eigenvalue weighted by molar-refractivity contribution is 7.98. The van der Waals surface area contributed by atoms with Gasteiger partial charge in [0.05, 0.1) is 11.4 Å². The molecule has 0 saturated heterocycles. The fourth-order valence-corrected chi connectivity index (χ4v) is 2.46. The predicted molar refractivity (Wildman–Crippen MR) is 77.1 cm³/mol. The van der Waals surface area contributed by atoms with Crippen molar-refractivity contribution >= 4 is 11.8 Å². The highest BCUT2D eigenvalue weighted by Crippen LogP contribution is 2.22. The second-order valence-corrected chi connectivity index (χ2v) is 5.38. The van der Waals surface area contributed by atoms with Gasteiger partial charge in [-0.3, -0.25) is 0 Å². The number of aryl methyl sites for hydroxylation is 2. The number of hydrogen-bond acceptors (Lipinski definition) is 7. The van der Waals surface area contributed by atoms with Crippen LogP contribution in [0.3, 0.4) is 0 Å². The number of nitrogens with zero attached hydrogens (tertiary/aromatic N) is 6. The lowest BCUT2D eigenvalue weighted by molar-refractivity contribution is 0.469. The minimum Gasteiger partial charge on any atom is -0.424 e. The number of aromatic nitrogens is 6. The van der Waals surface area contributed by atoms with E-state index in [0.717, 1.165) is 12.1 Å². The summed E-state index contributed by atoms with van der Waals surface area (Å²) < 4.78 is 7.17. The van der Waals surface area contributed by atoms with Gasteiger partial charge in [-0.05, 0) is 29.5 Å². The molecular weight excluding hydrogens is 288 g/mol. The van der Waals surface area contributed by atoms with Crippen molar-refractivity contribution in [3.05, 3.63) is 41.6 Å². The predicted octanol–water partition coefficient (Wildman–Crippen LogP) is 2.21. The maximum absolute atomic E-state index is 5.47. The standard InChI is InChI=1S/C13H14N6OS/c1-3-11-14-15-12(20-11)8-21-13-16-17-18-19(13)10-6-4-9(2)5-7-10/h4-7H,3,8H2,1-2H3. The summed E-state index contributed by atoms with van der Waals surface area (Å²) in [5.74, 6) is 1.76. The first kappa shape index (κ1) is 13.7. The Kier molecular flexibility index (Phi) is 3.96. The molecule has 0 saturated carbocycles. The topological polar surface area (TPSA) is 82.5 Å². The van der Waals surface area contributed by atoms with Gasteiger partial charge in [-0.25, -0.2) is 0 Å². The lowest BCUT2D eigenvalue weighted by atomic mass is 10.2. The molecule has 21 heavy (non-hydrogen) atoms. The molecular formula is C13H14N6OS. The second kappa shape index (κ2) is 6.04. The van der Waals surface area contributed by atoms with Gasteiger partial charge in [-0.2, -0.15) is 4.68 Å². The number of hydrogen-bond donors (Lipinski definition) is 0. The van der Waals surface area contributed by atoms with Crippen molar-refractivity contribution in [2.45, 2.75) is 31.2 Å². The Morgan fingerprint density at radius 3 is 2.57 bits per heavy atom. The molecule has 0 spiro atoms. The van der Waals surface area contributed by atoms with Crippen LogP contribution < -0.4 is 0 Å². The van der Waals surface area contributed by atoms with Gasteiger partial charge in [0.25, 0.3) is 0 Å². The normalized spacial score (nSPS) is 11.0. The highest BCUT2D eigenvalue weighted by Gasteiger charge is 2.11. The first-order valence-corrected chi connectivity index (χ1v) is 7.54. The zero-order chi connectivity index (χ0) is 14.7. The molecule has 108 valence electrons. The average molecular weight is 302 g/mol. The molecule has 0 aliphatic carbocycles. The molecule has 0 amide bonds. The van der Waals surface area contributed by atoms with Crippen LogP contribution in [0.15, 0.2) is 33.8 Å². The van der Waals surface area contributed by atoms with Crippen LogP contribution in [0.5, 0.6) is 0 Å². The largest absolute Gasteiger partial charge is 0.424 e. The van der Waals surface area contributed by atoms with Crippen molar-refractivity contribution in [1.82, 2.24) is 30.4 Å². The molecule has 0 fully saturated rings. The van der Waals surface area contributed by atoms with Crippen molar-refractivity contribution < 1.29 is 4.42 Å². The van der Waals surface area contributed by atoms with Crippen molar-refractivity contribution in [2.24, 2.45) is 0 Å². The monoisotopic (exact) mass is 302 g/mol. The quantitative estimate of drug-likeness (QED) is 0.668. The van der Waals surface area contributed by atoms with Crippen LogP contribution in [0.4, 0.5) is 0 Å². The smallest absolute Gasteiger partial charge is 0.226 e. The lowest BCUT2D eigenvalue weighted by Crippen LogP contribution is -1.99. The molecule has 1 aromatic carbocycles. The van der Waals surface area contributed by atoms with Gasteiger partial charge in [0.15, 0.2) is 0 Å². The van der Waals surface area contributed by atoms with E-state index in [2.05, 4.69) is 25.7 Å². The van der Waals surface area contributed by atoms with Crippen molar-refractivity contribution in [3.8, 4) is 5.69 Å². The zero-order valence-corrected chi connectivity index (χ0v) is 12.5. The third-order valence-corrected chi connectivity index (χ3v) is 3.76. The summed E-state index contributed by atoms with van der Waals surface area (Å²) >= 11 is 1.46. The minimum absolute atomic E-state index is 0.541. The van der Waals surface area contributed by atoms with Gasteiger partial charge in [0.1, 0.15) is 0 Å². The fourth-order valence-electron chi connectivity index (χ4n) is 1.73. The zero-order valence-electron chi connectivity index (χ0n) is 11.7. The molecule has 0 unspecified atom stereocenters. The van der Waals surface area contributed by atoms with Gasteiger partial charge < -0.3 is 4.42 Å². The second-order valence-electron chi connectivity index (χ2n) is 4.44. The van der Waals surface area contributed by atoms with Crippen LogP contribution in [0.2, 0.25) is 0 Å². The molecule has 0 radical (unpaired) electrons. The van der Waals surface area contributed by atoms with Crippen LogP contribution in [0.1, 0.15) is 24.3 Å². The summed E-state index contributed by atoms with van der Waals surface area (Å²) in [7, 11) is 0. The third-order valence-electron chi connectivity index (χ3n) is 2.86. The average Bonchev–Trinajstić information content (AvgIpc) is 3.15. The summed E-state index contributed by atoms with van der Waals surface area (Å²) in [4.78, 5) is 0. The SMILES string of the molecule is CCc1nnc(CSc2nnnn2-c2ccc(C)cc2)o1. The van der Waals surface area contributed by atoms with E-state index in [0.29, 0.717) is 22.7 Å². The number of rotatable bonds is 5. The lowest BCUT2D eigenvalue weighted by Gasteiger charge is -2.03. The highest BCUT2D eigenvalue weighted by atomic mass is 32.2. The van der Waals surface area contributed by atoms with Crippen molar-refractivity contribution in [2.75, 3.05) is 0 Å². The summed E-state index contributed by atoms with van der Waals surface area (Å²) in [5, 5.41) is 20.4. The van der Waals surface area contributed by atoms with Gasteiger partial charge >= 0.3 is 0 Å². The van der Waals surface area contributed by atoms with Crippen molar-refractivity contribution in [3.63, 3.8) is 0 Å². The van der Waals surface area contributed by atoms with Crippen molar-refractivity contribution in [1.29, 1.82) is 0 Å². The van der Waals surface area contributed by atoms with E-state index in [1.165, 1.54) is 17.3 Å². The maximum atomic E-state index is 5.47. The van der Waals surface area contributed by atoms with E-state index in [1.54, 1.807) is 4.68 Å². The van der Waals surface area contributed by atoms with E-state index >= 15 is 0 Å². The van der Waals surface area contributed by atoms with E-state index < -0.39 is 0 Å². The maximum Gasteiger partial charge on any atom is 0.226 e. The molecule has 0 aliphatic heterocycles. The van der Waals surface area contributed by atoms with Gasteiger partial charge in [-0.15, -0.1) is 15.3 Å². The van der Waals surface area contributed by atoms with Crippen LogP contribution in [0.25, 0.3) is 5.69 Å². The Balaban J connectivity index is 1.74. The Bertz CT molecular complexity index is 720. The molecule has 0 aliphatic rings. The Morgan fingerprint density at radius 1 is 1.10 bits per heavy atom. The van der Waals surface area contributed by atoms with E-state index in [9.17, 15) is 0 Å². The summed E-state index contributed by atoms with van der Waals surface area (Å²) in [6, 6.07) is 8.02. The van der Waals surface area contributed by atoms with Crippen LogP contribution in [-0.2, 0) is 12.2 Å². The first-order chi connectivity index (χ1) is 10.3. The van der Waals surface area contributed by atoms with Gasteiger partial charge in [-0.1, -0.05) is 36.4 Å². The number of thioether (sulfide) groups is 1. The molecule has 2 heterocycles. The van der Waals surface area contributed by atoms with Crippen LogP contribution in [-0.4, -0.2) is 30.4 Å². The molecule has 3 aromatic rings. The summed E-state index contributed by atoms with van der Waals surface area (Å²) in [5.41, 5.74) is 2.12.